The van der Waals surface area contributed by atoms with Crippen LogP contribution in [-0.4, -0.2) is 11.4 Å². The molecule has 2 heteroatoms. The topological polar surface area (TPSA) is 9.23 Å². The quantitative estimate of drug-likeness (QED) is 0.699. The standard InChI is InChI=1S/C6H7.C2H5O.Zr/c1-6-4-2-3-5-6;1-3-2;/h2,4H,3H2,1H3;1H2,2H3;. The Balaban J connectivity index is 2.35. The van der Waals surface area contributed by atoms with E-state index in [4.69, 9.17) is 4.74 Å². The first kappa shape index (κ1) is 8.42. The fourth-order valence-electron chi connectivity index (χ4n) is 0.986. The van der Waals surface area contributed by atoms with Crippen molar-refractivity contribution < 1.29 is 28.0 Å². The van der Waals surface area contributed by atoms with E-state index < -0.39 is 0 Å². The first-order chi connectivity index (χ1) is 4.84. The van der Waals surface area contributed by atoms with Crippen LogP contribution in [0.3, 0.4) is 0 Å². The van der Waals surface area contributed by atoms with Gasteiger partial charge in [-0.05, 0) is 0 Å². The molecule has 0 radical (unpaired) electrons. The second-order valence-electron chi connectivity index (χ2n) is 2.38. The second-order valence-corrected chi connectivity index (χ2v) is 5.44. The molecule has 0 heterocycles. The summed E-state index contributed by atoms with van der Waals surface area (Å²) in [5, 5.41) is 0. The van der Waals surface area contributed by atoms with Crippen molar-refractivity contribution >= 4 is 0 Å². The molecule has 0 saturated heterocycles. The molecule has 1 rings (SSSR count). The van der Waals surface area contributed by atoms with E-state index in [-0.39, 0.29) is 23.2 Å². The second kappa shape index (κ2) is 4.25. The molecule has 0 saturated carbocycles. The van der Waals surface area contributed by atoms with E-state index >= 15 is 0 Å². The normalized spacial score (nSPS) is 16.6. The molecule has 0 unspecified atom stereocenters. The van der Waals surface area contributed by atoms with Crippen LogP contribution in [0.15, 0.2) is 21.0 Å². The zero-order valence-corrected chi connectivity index (χ0v) is 8.94. The number of ether oxygens (including phenoxy) is 1. The van der Waals surface area contributed by atoms with E-state index in [0.717, 1.165) is 4.31 Å². The molecule has 0 aliphatic heterocycles. The summed E-state index contributed by atoms with van der Waals surface area (Å²) < 4.78 is 7.79. The number of hydrogen-bond acceptors (Lipinski definition) is 1. The first-order valence-electron chi connectivity index (χ1n) is 3.43. The minimum atomic E-state index is -0.324. The molecule has 10 heavy (non-hydrogen) atoms. The summed E-state index contributed by atoms with van der Waals surface area (Å²) in [5.41, 5.74) is 1.50. The van der Waals surface area contributed by atoms with Gasteiger partial charge in [-0.1, -0.05) is 0 Å². The van der Waals surface area contributed by atoms with Gasteiger partial charge in [-0.2, -0.15) is 0 Å². The van der Waals surface area contributed by atoms with Crippen LogP contribution < -0.4 is 0 Å². The molecule has 0 spiro atoms. The molecule has 1 aliphatic carbocycles. The van der Waals surface area contributed by atoms with Crippen molar-refractivity contribution in [3.63, 3.8) is 0 Å². The van der Waals surface area contributed by atoms with Crippen LogP contribution in [0.2, 0.25) is 0 Å². The summed E-state index contributed by atoms with van der Waals surface area (Å²) in [4.78, 5) is 0. The van der Waals surface area contributed by atoms with Crippen LogP contribution in [0.5, 0.6) is 0 Å². The molecule has 0 fully saturated rings. The van der Waals surface area contributed by atoms with Crippen LogP contribution in [0.1, 0.15) is 13.3 Å². The van der Waals surface area contributed by atoms with Gasteiger partial charge >= 0.3 is 73.7 Å². The van der Waals surface area contributed by atoms with Gasteiger partial charge in [0.15, 0.2) is 0 Å². The van der Waals surface area contributed by atoms with Crippen molar-refractivity contribution in [2.24, 2.45) is 0 Å². The van der Waals surface area contributed by atoms with Gasteiger partial charge in [-0.25, -0.2) is 0 Å². The van der Waals surface area contributed by atoms with Crippen molar-refractivity contribution in [2.75, 3.05) is 11.4 Å². The number of hydrogen-bond donors (Lipinski definition) is 0. The molecule has 0 aromatic heterocycles. The van der Waals surface area contributed by atoms with E-state index in [0.29, 0.717) is 0 Å². The van der Waals surface area contributed by atoms with Crippen molar-refractivity contribution in [1.29, 1.82) is 0 Å². The minimum absolute atomic E-state index is 0.324. The summed E-state index contributed by atoms with van der Waals surface area (Å²) in [6.45, 7) is 2.20. The molecule has 0 amide bonds. The van der Waals surface area contributed by atoms with Gasteiger partial charge in [0.05, 0.1) is 0 Å². The predicted molar refractivity (Wildman–Crippen MR) is 38.3 cm³/mol. The Morgan fingerprint density at radius 3 is 3.00 bits per heavy atom. The van der Waals surface area contributed by atoms with Gasteiger partial charge in [0.25, 0.3) is 0 Å². The average Bonchev–Trinajstić information content (AvgIpc) is 2.31. The van der Waals surface area contributed by atoms with Crippen molar-refractivity contribution in [3.8, 4) is 0 Å². The molecule has 0 atom stereocenters. The van der Waals surface area contributed by atoms with Crippen LogP contribution in [-0.2, 0) is 28.0 Å². The number of rotatable bonds is 3. The summed E-state index contributed by atoms with van der Waals surface area (Å²) >= 11 is -0.324. The van der Waals surface area contributed by atoms with Gasteiger partial charge in [0.2, 0.25) is 0 Å². The van der Waals surface area contributed by atoms with Crippen LogP contribution in [0.4, 0.5) is 0 Å². The molecule has 0 N–H and O–H groups in total. The number of methoxy groups -OCH3 is 1. The van der Waals surface area contributed by atoms with E-state index in [2.05, 4.69) is 19.1 Å². The third-order valence-corrected chi connectivity index (χ3v) is 5.18. The predicted octanol–water partition coefficient (Wildman–Crippen LogP) is 1.91. The van der Waals surface area contributed by atoms with Gasteiger partial charge in [0, 0.05) is 0 Å². The molecular formula is C8H12OZr. The zero-order chi connectivity index (χ0) is 7.40. The fraction of sp³-hybridized carbons (Fsp3) is 0.500. The Labute approximate surface area is 73.7 Å². The molecule has 1 aliphatic rings. The van der Waals surface area contributed by atoms with Crippen molar-refractivity contribution in [2.45, 2.75) is 13.3 Å². The van der Waals surface area contributed by atoms with E-state index in [9.17, 15) is 0 Å². The van der Waals surface area contributed by atoms with Crippen LogP contribution >= 0.6 is 0 Å². The van der Waals surface area contributed by atoms with Gasteiger partial charge < -0.3 is 0 Å². The number of allylic oxidation sites excluding steroid dienone is 4. The van der Waals surface area contributed by atoms with E-state index in [1.807, 2.05) is 0 Å². The van der Waals surface area contributed by atoms with E-state index in [1.54, 1.807) is 10.4 Å². The maximum absolute atomic E-state index is 5.07. The molecule has 1 nitrogen and oxygen atoms in total. The summed E-state index contributed by atoms with van der Waals surface area (Å²) in [6, 6.07) is 0. The monoisotopic (exact) mass is 214 g/mol. The van der Waals surface area contributed by atoms with Gasteiger partial charge in [-0.15, -0.1) is 0 Å². The zero-order valence-electron chi connectivity index (χ0n) is 6.48. The first-order valence-corrected chi connectivity index (χ1v) is 6.40. The Hall–Kier alpha value is 0.323. The Morgan fingerprint density at radius 1 is 1.70 bits per heavy atom. The maximum atomic E-state index is 5.07. The third-order valence-electron chi connectivity index (χ3n) is 1.60. The molecule has 0 bridgehead atoms. The molecular weight excluding hydrogens is 203 g/mol. The Morgan fingerprint density at radius 2 is 2.50 bits per heavy atom. The van der Waals surface area contributed by atoms with E-state index in [1.165, 1.54) is 12.0 Å². The molecule has 0 aromatic rings. The molecule has 54 valence electrons. The third kappa shape index (κ3) is 2.18. The van der Waals surface area contributed by atoms with Gasteiger partial charge in [0.1, 0.15) is 0 Å². The summed E-state index contributed by atoms with van der Waals surface area (Å²) in [5.74, 6) is 0. The van der Waals surface area contributed by atoms with Gasteiger partial charge in [-0.3, -0.25) is 0 Å². The van der Waals surface area contributed by atoms with Crippen LogP contribution in [0.25, 0.3) is 0 Å². The Kier molecular flexibility index (Phi) is 3.58. The summed E-state index contributed by atoms with van der Waals surface area (Å²) in [6.07, 6.45) is 5.69. The fourth-order valence-corrected chi connectivity index (χ4v) is 3.30. The average molecular weight is 215 g/mol. The van der Waals surface area contributed by atoms with Crippen LogP contribution in [0, 0.1) is 0 Å². The molecule has 0 aromatic carbocycles. The SMILES string of the molecule is CO[CH2][Zr][C]1=C(C)C=CC1. The van der Waals surface area contributed by atoms with Crippen molar-refractivity contribution in [3.05, 3.63) is 21.0 Å². The van der Waals surface area contributed by atoms with Crippen molar-refractivity contribution in [1.82, 2.24) is 0 Å². The summed E-state index contributed by atoms with van der Waals surface area (Å²) in [7, 11) is 1.79. The Bertz CT molecular complexity index is 170.